The molecule has 0 saturated heterocycles. The number of hydrogen-bond donors (Lipinski definition) is 2. The number of thiazole rings is 1. The number of hydrogen-bond acceptors (Lipinski definition) is 3. The van der Waals surface area contributed by atoms with Crippen molar-refractivity contribution in [1.82, 2.24) is 15.6 Å². The van der Waals surface area contributed by atoms with E-state index < -0.39 is 0 Å². The quantitative estimate of drug-likeness (QED) is 0.389. The predicted molar refractivity (Wildman–Crippen MR) is 110 cm³/mol. The number of nitrogens with one attached hydrogen (secondary N) is 2. The molecule has 0 aliphatic rings. The zero-order valence-corrected chi connectivity index (χ0v) is 17.3. The summed E-state index contributed by atoms with van der Waals surface area (Å²) < 4.78 is 13.1. The van der Waals surface area contributed by atoms with Crippen LogP contribution in [0.1, 0.15) is 36.0 Å². The molecule has 0 atom stereocenters. The minimum absolute atomic E-state index is 0. The van der Waals surface area contributed by atoms with Gasteiger partial charge in [-0.25, -0.2) is 9.37 Å². The Morgan fingerprint density at radius 1 is 1.33 bits per heavy atom. The predicted octanol–water partition coefficient (Wildman–Crippen LogP) is 3.93. The molecular formula is C17H24FIN4S. The molecule has 7 heteroatoms. The van der Waals surface area contributed by atoms with Crippen molar-refractivity contribution in [3.05, 3.63) is 51.7 Å². The Morgan fingerprint density at radius 3 is 2.75 bits per heavy atom. The summed E-state index contributed by atoms with van der Waals surface area (Å²) >= 11 is 1.65. The minimum atomic E-state index is -0.199. The molecule has 0 aliphatic heterocycles. The molecule has 0 fully saturated rings. The second kappa shape index (κ2) is 10.6. The van der Waals surface area contributed by atoms with E-state index in [0.29, 0.717) is 19.0 Å². The van der Waals surface area contributed by atoms with E-state index in [-0.39, 0.29) is 29.8 Å². The number of benzene rings is 1. The van der Waals surface area contributed by atoms with E-state index in [4.69, 9.17) is 0 Å². The number of rotatable bonds is 6. The van der Waals surface area contributed by atoms with Crippen LogP contribution in [-0.4, -0.2) is 24.5 Å². The SMILES string of the molecule is CN=C(NCCc1cccc(F)c1)NCc1nc(C(C)C)cs1.I. The van der Waals surface area contributed by atoms with Gasteiger partial charge in [0.15, 0.2) is 5.96 Å². The van der Waals surface area contributed by atoms with Gasteiger partial charge in [-0.3, -0.25) is 4.99 Å². The first-order chi connectivity index (χ1) is 11.1. The lowest BCUT2D eigenvalue weighted by Crippen LogP contribution is -2.37. The lowest BCUT2D eigenvalue weighted by molar-refractivity contribution is 0.625. The molecule has 0 bridgehead atoms. The highest BCUT2D eigenvalue weighted by Crippen LogP contribution is 2.17. The molecule has 24 heavy (non-hydrogen) atoms. The van der Waals surface area contributed by atoms with Gasteiger partial charge in [0, 0.05) is 19.0 Å². The first-order valence-corrected chi connectivity index (χ1v) is 8.59. The molecule has 1 aromatic carbocycles. The molecular weight excluding hydrogens is 438 g/mol. The average molecular weight is 462 g/mol. The summed E-state index contributed by atoms with van der Waals surface area (Å²) in [4.78, 5) is 8.78. The summed E-state index contributed by atoms with van der Waals surface area (Å²) in [5.41, 5.74) is 2.09. The van der Waals surface area contributed by atoms with E-state index in [9.17, 15) is 4.39 Å². The van der Waals surface area contributed by atoms with Gasteiger partial charge in [-0.2, -0.15) is 0 Å². The Kier molecular flexibility index (Phi) is 9.20. The van der Waals surface area contributed by atoms with Gasteiger partial charge in [0.2, 0.25) is 0 Å². The maximum Gasteiger partial charge on any atom is 0.191 e. The number of guanidine groups is 1. The van der Waals surface area contributed by atoms with Crippen LogP contribution in [0.3, 0.4) is 0 Å². The minimum Gasteiger partial charge on any atom is -0.356 e. The van der Waals surface area contributed by atoms with E-state index in [1.807, 2.05) is 6.07 Å². The van der Waals surface area contributed by atoms with Crippen LogP contribution in [0, 0.1) is 5.82 Å². The van der Waals surface area contributed by atoms with Crippen molar-refractivity contribution in [2.45, 2.75) is 32.7 Å². The van der Waals surface area contributed by atoms with Crippen LogP contribution >= 0.6 is 35.3 Å². The largest absolute Gasteiger partial charge is 0.356 e. The summed E-state index contributed by atoms with van der Waals surface area (Å²) in [6.45, 7) is 5.62. The first-order valence-electron chi connectivity index (χ1n) is 7.71. The van der Waals surface area contributed by atoms with E-state index in [2.05, 4.69) is 39.8 Å². The summed E-state index contributed by atoms with van der Waals surface area (Å²) in [6, 6.07) is 6.66. The fraction of sp³-hybridized carbons (Fsp3) is 0.412. The van der Waals surface area contributed by atoms with Crippen LogP contribution in [0.5, 0.6) is 0 Å². The lowest BCUT2D eigenvalue weighted by atomic mass is 10.1. The fourth-order valence-corrected chi connectivity index (χ4v) is 2.96. The van der Waals surface area contributed by atoms with Crippen LogP contribution in [-0.2, 0) is 13.0 Å². The van der Waals surface area contributed by atoms with E-state index >= 15 is 0 Å². The van der Waals surface area contributed by atoms with Crippen LogP contribution in [0.25, 0.3) is 0 Å². The van der Waals surface area contributed by atoms with E-state index in [1.165, 1.54) is 6.07 Å². The molecule has 0 unspecified atom stereocenters. The Labute approximate surface area is 164 Å². The van der Waals surface area contributed by atoms with Crippen LogP contribution in [0.15, 0.2) is 34.6 Å². The lowest BCUT2D eigenvalue weighted by Gasteiger charge is -2.11. The van der Waals surface area contributed by atoms with Crippen LogP contribution in [0.2, 0.25) is 0 Å². The van der Waals surface area contributed by atoms with Gasteiger partial charge >= 0.3 is 0 Å². The molecule has 2 N–H and O–H groups in total. The Bertz CT molecular complexity index is 658. The highest BCUT2D eigenvalue weighted by Gasteiger charge is 2.06. The highest BCUT2D eigenvalue weighted by atomic mass is 127. The van der Waals surface area contributed by atoms with Gasteiger partial charge in [0.25, 0.3) is 0 Å². The number of aromatic nitrogens is 1. The normalized spacial score (nSPS) is 11.3. The number of aliphatic imine (C=N–C) groups is 1. The summed E-state index contributed by atoms with van der Waals surface area (Å²) in [5, 5.41) is 9.62. The smallest absolute Gasteiger partial charge is 0.191 e. The number of halogens is 2. The molecule has 132 valence electrons. The van der Waals surface area contributed by atoms with Gasteiger partial charge in [0.05, 0.1) is 12.2 Å². The van der Waals surface area contributed by atoms with Gasteiger partial charge in [-0.15, -0.1) is 35.3 Å². The molecule has 0 amide bonds. The third-order valence-electron chi connectivity index (χ3n) is 3.39. The zero-order chi connectivity index (χ0) is 16.7. The standard InChI is InChI=1S/C17H23FN4S.HI/c1-12(2)15-11-23-16(22-15)10-21-17(19-3)20-8-7-13-5-4-6-14(18)9-13;/h4-6,9,11-12H,7-8,10H2,1-3H3,(H2,19,20,21);1H. The van der Waals surface area contributed by atoms with Crippen molar-refractivity contribution >= 4 is 41.3 Å². The third-order valence-corrected chi connectivity index (χ3v) is 4.25. The van der Waals surface area contributed by atoms with Crippen molar-refractivity contribution < 1.29 is 4.39 Å². The van der Waals surface area contributed by atoms with Crippen molar-refractivity contribution in [2.75, 3.05) is 13.6 Å². The molecule has 1 heterocycles. The maximum absolute atomic E-state index is 13.1. The van der Waals surface area contributed by atoms with E-state index in [1.54, 1.807) is 30.5 Å². The monoisotopic (exact) mass is 462 g/mol. The summed E-state index contributed by atoms with van der Waals surface area (Å²) in [7, 11) is 1.74. The Morgan fingerprint density at radius 2 is 2.12 bits per heavy atom. The van der Waals surface area contributed by atoms with Gasteiger partial charge in [-0.05, 0) is 30.0 Å². The molecule has 0 spiro atoms. The number of nitrogens with zero attached hydrogens (tertiary/aromatic N) is 2. The Balaban J connectivity index is 0.00000288. The van der Waals surface area contributed by atoms with Gasteiger partial charge < -0.3 is 10.6 Å². The second-order valence-electron chi connectivity index (χ2n) is 5.55. The molecule has 1 aromatic heterocycles. The van der Waals surface area contributed by atoms with Crippen molar-refractivity contribution in [1.29, 1.82) is 0 Å². The molecule has 2 rings (SSSR count). The van der Waals surface area contributed by atoms with Gasteiger partial charge in [-0.1, -0.05) is 26.0 Å². The zero-order valence-electron chi connectivity index (χ0n) is 14.2. The fourth-order valence-electron chi connectivity index (χ4n) is 2.07. The van der Waals surface area contributed by atoms with Gasteiger partial charge in [0.1, 0.15) is 10.8 Å². The van der Waals surface area contributed by atoms with Crippen LogP contribution in [0.4, 0.5) is 4.39 Å². The van der Waals surface area contributed by atoms with E-state index in [0.717, 1.165) is 28.6 Å². The molecule has 0 aliphatic carbocycles. The van der Waals surface area contributed by atoms with Crippen LogP contribution < -0.4 is 10.6 Å². The molecule has 0 radical (unpaired) electrons. The summed E-state index contributed by atoms with van der Waals surface area (Å²) in [5.74, 6) is 0.973. The average Bonchev–Trinajstić information content (AvgIpc) is 3.00. The molecule has 2 aromatic rings. The van der Waals surface area contributed by atoms with Crippen molar-refractivity contribution in [3.8, 4) is 0 Å². The Hall–Kier alpha value is -1.22. The molecule has 0 saturated carbocycles. The first kappa shape index (κ1) is 20.8. The maximum atomic E-state index is 13.1. The third kappa shape index (κ3) is 6.72. The molecule has 4 nitrogen and oxygen atoms in total. The second-order valence-corrected chi connectivity index (χ2v) is 6.50. The van der Waals surface area contributed by atoms with Crippen molar-refractivity contribution in [3.63, 3.8) is 0 Å². The topological polar surface area (TPSA) is 49.3 Å². The summed E-state index contributed by atoms with van der Waals surface area (Å²) in [6.07, 6.45) is 0.743. The highest BCUT2D eigenvalue weighted by molar-refractivity contribution is 14.0. The van der Waals surface area contributed by atoms with Crippen molar-refractivity contribution in [2.24, 2.45) is 4.99 Å².